The first kappa shape index (κ1) is 17.5. The van der Waals surface area contributed by atoms with E-state index in [9.17, 15) is 18.3 Å². The van der Waals surface area contributed by atoms with E-state index in [1.54, 1.807) is 42.5 Å². The molecular weight excluding hydrogens is 328 g/mol. The number of terminal acetylenes is 1. The van der Waals surface area contributed by atoms with Gasteiger partial charge in [0.1, 0.15) is 6.04 Å². The molecule has 2 aromatic rings. The Morgan fingerprint density at radius 1 is 1.12 bits per heavy atom. The summed E-state index contributed by atoms with van der Waals surface area (Å²) >= 11 is 0. The minimum absolute atomic E-state index is 0.0348. The van der Waals surface area contributed by atoms with Gasteiger partial charge in [0.15, 0.2) is 0 Å². The molecule has 0 spiro atoms. The summed E-state index contributed by atoms with van der Waals surface area (Å²) in [4.78, 5) is 11.3. The molecule has 7 heteroatoms. The van der Waals surface area contributed by atoms with Gasteiger partial charge in [0.2, 0.25) is 0 Å². The Kier molecular flexibility index (Phi) is 5.58. The van der Waals surface area contributed by atoms with E-state index in [0.717, 1.165) is 0 Å². The van der Waals surface area contributed by atoms with Crippen molar-refractivity contribution in [3.05, 3.63) is 65.7 Å². The second-order valence-electron chi connectivity index (χ2n) is 5.03. The maximum Gasteiger partial charge on any atom is 0.322 e. The zero-order chi connectivity index (χ0) is 17.6. The number of carboxylic acid groups (broad SMARTS) is 1. The van der Waals surface area contributed by atoms with Gasteiger partial charge in [-0.3, -0.25) is 9.52 Å². The fourth-order valence-corrected chi connectivity index (χ4v) is 3.10. The maximum atomic E-state index is 12.1. The van der Waals surface area contributed by atoms with E-state index in [4.69, 9.17) is 6.42 Å². The fourth-order valence-electron chi connectivity index (χ4n) is 2.04. The van der Waals surface area contributed by atoms with Crippen molar-refractivity contribution < 1.29 is 18.3 Å². The van der Waals surface area contributed by atoms with Gasteiger partial charge >= 0.3 is 5.97 Å². The average Bonchev–Trinajstić information content (AvgIpc) is 2.55. The van der Waals surface area contributed by atoms with Crippen molar-refractivity contribution in [1.82, 2.24) is 4.72 Å². The number of carbonyl (C=O) groups is 1. The summed E-state index contributed by atoms with van der Waals surface area (Å²) in [5, 5.41) is 9.26. The summed E-state index contributed by atoms with van der Waals surface area (Å²) in [5.41, 5.74) is 1.61. The van der Waals surface area contributed by atoms with Crippen LogP contribution in [0.2, 0.25) is 0 Å². The van der Waals surface area contributed by atoms with Crippen molar-refractivity contribution in [2.24, 2.45) is 0 Å². The highest BCUT2D eigenvalue weighted by Gasteiger charge is 2.24. The van der Waals surface area contributed by atoms with Gasteiger partial charge in [-0.15, -0.1) is 6.42 Å². The maximum absolute atomic E-state index is 12.1. The number of hydrogen-bond donors (Lipinski definition) is 3. The van der Waals surface area contributed by atoms with Gasteiger partial charge in [-0.2, -0.15) is 13.1 Å². The summed E-state index contributed by atoms with van der Waals surface area (Å²) in [6.45, 7) is 0. The summed E-state index contributed by atoms with van der Waals surface area (Å²) in [6.07, 6.45) is 5.27. The highest BCUT2D eigenvalue weighted by Crippen LogP contribution is 2.11. The highest BCUT2D eigenvalue weighted by atomic mass is 32.2. The third-order valence-electron chi connectivity index (χ3n) is 3.18. The van der Waals surface area contributed by atoms with Crippen molar-refractivity contribution >= 4 is 21.9 Å². The first-order valence-corrected chi connectivity index (χ1v) is 8.51. The molecule has 0 aliphatic heterocycles. The molecule has 0 aliphatic carbocycles. The Bertz CT molecular complexity index is 840. The van der Waals surface area contributed by atoms with Gasteiger partial charge in [-0.25, -0.2) is 0 Å². The van der Waals surface area contributed by atoms with Crippen LogP contribution in [0.1, 0.15) is 11.1 Å². The molecule has 0 unspecified atom stereocenters. The monoisotopic (exact) mass is 344 g/mol. The molecule has 2 rings (SSSR count). The zero-order valence-electron chi connectivity index (χ0n) is 12.6. The van der Waals surface area contributed by atoms with Crippen LogP contribution in [0.25, 0.3) is 0 Å². The SMILES string of the molecule is C#Cc1ccc(NS(=O)(=O)N[C@@H](Cc2ccccc2)C(=O)O)cc1. The van der Waals surface area contributed by atoms with Gasteiger partial charge in [0, 0.05) is 11.3 Å². The number of aliphatic carboxylic acids is 1. The van der Waals surface area contributed by atoms with E-state index in [1.165, 1.54) is 12.1 Å². The molecular formula is C17H16N2O4S. The summed E-state index contributed by atoms with van der Waals surface area (Å²) in [7, 11) is -4.05. The lowest BCUT2D eigenvalue weighted by atomic mass is 10.1. The lowest BCUT2D eigenvalue weighted by Crippen LogP contribution is -2.44. The predicted octanol–water partition coefficient (Wildman–Crippen LogP) is 1.61. The van der Waals surface area contributed by atoms with Crippen molar-refractivity contribution in [3.63, 3.8) is 0 Å². The van der Waals surface area contributed by atoms with Gasteiger partial charge in [-0.05, 0) is 36.2 Å². The summed E-state index contributed by atoms with van der Waals surface area (Å²) in [6, 6.07) is 13.7. The highest BCUT2D eigenvalue weighted by molar-refractivity contribution is 7.90. The first-order chi connectivity index (χ1) is 11.4. The van der Waals surface area contributed by atoms with Crippen LogP contribution in [0.3, 0.4) is 0 Å². The number of benzene rings is 2. The molecule has 0 bridgehead atoms. The molecule has 124 valence electrons. The number of rotatable bonds is 7. The molecule has 1 atom stereocenters. The molecule has 3 N–H and O–H groups in total. The van der Waals surface area contributed by atoms with E-state index < -0.39 is 22.2 Å². The third-order valence-corrected chi connectivity index (χ3v) is 4.28. The van der Waals surface area contributed by atoms with Crippen LogP contribution in [0, 0.1) is 12.3 Å². The van der Waals surface area contributed by atoms with Crippen molar-refractivity contribution in [2.45, 2.75) is 12.5 Å². The van der Waals surface area contributed by atoms with Gasteiger partial charge in [0.25, 0.3) is 10.2 Å². The molecule has 0 saturated heterocycles. The fraction of sp³-hybridized carbons (Fsp3) is 0.118. The van der Waals surface area contributed by atoms with E-state index >= 15 is 0 Å². The van der Waals surface area contributed by atoms with Crippen LogP contribution in [0.15, 0.2) is 54.6 Å². The summed E-state index contributed by atoms with van der Waals surface area (Å²) < 4.78 is 28.7. The Morgan fingerprint density at radius 2 is 1.75 bits per heavy atom. The number of hydrogen-bond acceptors (Lipinski definition) is 3. The Hall–Kier alpha value is -2.82. The molecule has 0 heterocycles. The molecule has 2 aromatic carbocycles. The van der Waals surface area contributed by atoms with Gasteiger partial charge in [0.05, 0.1) is 0 Å². The smallest absolute Gasteiger partial charge is 0.322 e. The molecule has 0 saturated carbocycles. The molecule has 0 amide bonds. The van der Waals surface area contributed by atoms with E-state index in [2.05, 4.69) is 15.4 Å². The van der Waals surface area contributed by atoms with E-state index in [-0.39, 0.29) is 12.1 Å². The minimum atomic E-state index is -4.05. The predicted molar refractivity (Wildman–Crippen MR) is 91.6 cm³/mol. The van der Waals surface area contributed by atoms with E-state index in [0.29, 0.717) is 11.1 Å². The van der Waals surface area contributed by atoms with Gasteiger partial charge in [-0.1, -0.05) is 36.3 Å². The van der Waals surface area contributed by atoms with Crippen LogP contribution in [0.4, 0.5) is 5.69 Å². The van der Waals surface area contributed by atoms with E-state index in [1.807, 2.05) is 0 Å². The standard InChI is InChI=1S/C17H16N2O4S/c1-2-13-8-10-15(11-9-13)18-24(22,23)19-16(17(20)21)12-14-6-4-3-5-7-14/h1,3-11,16,18-19H,12H2,(H,20,21)/t16-/m0/s1. The van der Waals surface area contributed by atoms with Gasteiger partial charge < -0.3 is 5.11 Å². The second-order valence-corrected chi connectivity index (χ2v) is 6.47. The third kappa shape index (κ3) is 5.12. The normalized spacial score (nSPS) is 12.1. The molecule has 0 radical (unpaired) electrons. The Morgan fingerprint density at radius 3 is 2.29 bits per heavy atom. The average molecular weight is 344 g/mol. The quantitative estimate of drug-likeness (QED) is 0.665. The largest absolute Gasteiger partial charge is 0.480 e. The second kappa shape index (κ2) is 7.64. The number of carboxylic acids is 1. The number of nitrogens with one attached hydrogen (secondary N) is 2. The lowest BCUT2D eigenvalue weighted by Gasteiger charge is -2.16. The van der Waals surface area contributed by atoms with Crippen molar-refractivity contribution in [3.8, 4) is 12.3 Å². The first-order valence-electron chi connectivity index (χ1n) is 7.03. The van der Waals surface area contributed by atoms with Crippen LogP contribution in [0.5, 0.6) is 0 Å². The van der Waals surface area contributed by atoms with Crippen molar-refractivity contribution in [2.75, 3.05) is 4.72 Å². The minimum Gasteiger partial charge on any atom is -0.480 e. The zero-order valence-corrected chi connectivity index (χ0v) is 13.5. The van der Waals surface area contributed by atoms with Crippen molar-refractivity contribution in [1.29, 1.82) is 0 Å². The van der Waals surface area contributed by atoms with Crippen LogP contribution in [-0.2, 0) is 21.4 Å². The van der Waals surface area contributed by atoms with Crippen LogP contribution >= 0.6 is 0 Å². The topological polar surface area (TPSA) is 95.5 Å². The molecule has 24 heavy (non-hydrogen) atoms. The lowest BCUT2D eigenvalue weighted by molar-refractivity contribution is -0.138. The molecule has 0 fully saturated rings. The van der Waals surface area contributed by atoms with Crippen LogP contribution < -0.4 is 9.44 Å². The van der Waals surface area contributed by atoms with Crippen LogP contribution in [-0.4, -0.2) is 25.5 Å². The molecule has 6 nitrogen and oxygen atoms in total. The number of anilines is 1. The Balaban J connectivity index is 2.09. The molecule has 0 aliphatic rings. The Labute approximate surface area is 140 Å². The summed E-state index contributed by atoms with van der Waals surface area (Å²) in [5.74, 6) is 1.16. The molecule has 0 aromatic heterocycles.